The molecule has 0 atom stereocenters. The zero-order chi connectivity index (χ0) is 19.4. The molecule has 0 fully saturated rings. The maximum absolute atomic E-state index is 12.4. The van der Waals surface area contributed by atoms with Gasteiger partial charge in [0.1, 0.15) is 16.4 Å². The van der Waals surface area contributed by atoms with Gasteiger partial charge in [0.05, 0.1) is 12.0 Å². The fourth-order valence-electron chi connectivity index (χ4n) is 2.32. The average Bonchev–Trinajstić information content (AvgIpc) is 2.62. The topological polar surface area (TPSA) is 90.0 Å². The van der Waals surface area contributed by atoms with Crippen molar-refractivity contribution in [2.75, 3.05) is 20.2 Å². The summed E-state index contributed by atoms with van der Waals surface area (Å²) in [6.07, 6.45) is 0. The summed E-state index contributed by atoms with van der Waals surface area (Å²) in [5.74, 6) is 0.558. The fourth-order valence-corrected chi connectivity index (χ4v) is 4.70. The van der Waals surface area contributed by atoms with E-state index in [1.54, 1.807) is 26.0 Å². The third kappa shape index (κ3) is 4.35. The number of methoxy groups -OCH3 is 1. The molecule has 0 unspecified atom stereocenters. The third-order valence-electron chi connectivity index (χ3n) is 3.70. The van der Waals surface area contributed by atoms with Crippen molar-refractivity contribution in [3.8, 4) is 11.5 Å². The van der Waals surface area contributed by atoms with E-state index in [2.05, 4.69) is 0 Å². The lowest BCUT2D eigenvalue weighted by Gasteiger charge is -2.18. The van der Waals surface area contributed by atoms with Crippen LogP contribution in [0.3, 0.4) is 0 Å². The van der Waals surface area contributed by atoms with Crippen LogP contribution >= 0.6 is 0 Å². The van der Waals surface area contributed by atoms with Crippen LogP contribution < -0.4 is 8.92 Å². The second-order valence-corrected chi connectivity index (χ2v) is 8.76. The van der Waals surface area contributed by atoms with Crippen molar-refractivity contribution in [2.45, 2.75) is 23.6 Å². The molecule has 7 nitrogen and oxygen atoms in total. The van der Waals surface area contributed by atoms with E-state index < -0.39 is 20.1 Å². The van der Waals surface area contributed by atoms with Crippen LogP contribution in [0.1, 0.15) is 13.8 Å². The van der Waals surface area contributed by atoms with Gasteiger partial charge in [0.15, 0.2) is 0 Å². The van der Waals surface area contributed by atoms with Gasteiger partial charge in [-0.05, 0) is 36.4 Å². The second kappa shape index (κ2) is 8.07. The van der Waals surface area contributed by atoms with Gasteiger partial charge in [0, 0.05) is 19.2 Å². The van der Waals surface area contributed by atoms with E-state index >= 15 is 0 Å². The normalized spacial score (nSPS) is 12.2. The highest BCUT2D eigenvalue weighted by molar-refractivity contribution is 7.89. The van der Waals surface area contributed by atoms with Gasteiger partial charge in [-0.3, -0.25) is 0 Å². The summed E-state index contributed by atoms with van der Waals surface area (Å²) >= 11 is 0. The van der Waals surface area contributed by atoms with E-state index in [4.69, 9.17) is 8.92 Å². The van der Waals surface area contributed by atoms with Crippen molar-refractivity contribution in [2.24, 2.45) is 0 Å². The van der Waals surface area contributed by atoms with Gasteiger partial charge in [-0.15, -0.1) is 0 Å². The molecule has 0 aliphatic rings. The molecule has 0 amide bonds. The minimum absolute atomic E-state index is 0.0292. The molecular formula is C17H21NO6S2. The van der Waals surface area contributed by atoms with E-state index in [0.29, 0.717) is 18.8 Å². The molecule has 2 rings (SSSR count). The van der Waals surface area contributed by atoms with Crippen LogP contribution in [0.25, 0.3) is 0 Å². The van der Waals surface area contributed by atoms with E-state index in [-0.39, 0.29) is 15.5 Å². The van der Waals surface area contributed by atoms with Crippen LogP contribution in [0.4, 0.5) is 0 Å². The van der Waals surface area contributed by atoms with Crippen LogP contribution in [-0.4, -0.2) is 41.3 Å². The first kappa shape index (κ1) is 20.2. The maximum Gasteiger partial charge on any atom is 0.339 e. The summed E-state index contributed by atoms with van der Waals surface area (Å²) < 4.78 is 61.1. The minimum atomic E-state index is -4.10. The molecule has 26 heavy (non-hydrogen) atoms. The highest BCUT2D eigenvalue weighted by Crippen LogP contribution is 2.24. The average molecular weight is 399 g/mol. The van der Waals surface area contributed by atoms with Crippen molar-refractivity contribution in [3.63, 3.8) is 0 Å². The number of hydrogen-bond donors (Lipinski definition) is 0. The molecule has 0 saturated carbocycles. The van der Waals surface area contributed by atoms with Crippen molar-refractivity contribution in [3.05, 3.63) is 48.5 Å². The number of nitrogens with zero attached hydrogens (tertiary/aromatic N) is 1. The molecule has 0 heterocycles. The van der Waals surface area contributed by atoms with Gasteiger partial charge in [0.2, 0.25) is 10.0 Å². The molecular weight excluding hydrogens is 378 g/mol. The molecule has 142 valence electrons. The SMILES string of the molecule is CCN(CC)S(=O)(=O)c1ccc(S(=O)(=O)Oc2cccc(OC)c2)cc1. The second-order valence-electron chi connectivity index (χ2n) is 5.28. The van der Waals surface area contributed by atoms with Crippen molar-refractivity contribution in [1.82, 2.24) is 4.31 Å². The van der Waals surface area contributed by atoms with Gasteiger partial charge in [-0.1, -0.05) is 19.9 Å². The molecule has 2 aromatic rings. The quantitative estimate of drug-likeness (QED) is 0.634. The lowest BCUT2D eigenvalue weighted by molar-refractivity contribution is 0.411. The predicted octanol–water partition coefficient (Wildman–Crippen LogP) is 2.49. The first-order valence-corrected chi connectivity index (χ1v) is 10.8. The number of benzene rings is 2. The summed E-state index contributed by atoms with van der Waals surface area (Å²) in [6, 6.07) is 11.1. The number of ether oxygens (including phenoxy) is 1. The summed E-state index contributed by atoms with van der Waals surface area (Å²) in [5, 5.41) is 0. The molecule has 0 bridgehead atoms. The lowest BCUT2D eigenvalue weighted by atomic mass is 10.3. The molecule has 2 aromatic carbocycles. The summed E-state index contributed by atoms with van der Waals surface area (Å²) in [5.41, 5.74) is 0. The molecule has 0 aromatic heterocycles. The first-order valence-electron chi connectivity index (χ1n) is 7.93. The Hall–Kier alpha value is -2.10. The van der Waals surface area contributed by atoms with Crippen LogP contribution in [0, 0.1) is 0 Å². The van der Waals surface area contributed by atoms with E-state index in [1.807, 2.05) is 0 Å². The van der Waals surface area contributed by atoms with Gasteiger partial charge in [-0.2, -0.15) is 12.7 Å². The zero-order valence-electron chi connectivity index (χ0n) is 14.7. The molecule has 0 spiro atoms. The number of rotatable bonds is 8. The molecule has 0 N–H and O–H groups in total. The Bertz CT molecular complexity index is 949. The monoisotopic (exact) mass is 399 g/mol. The largest absolute Gasteiger partial charge is 0.497 e. The summed E-state index contributed by atoms with van der Waals surface area (Å²) in [6.45, 7) is 4.14. The van der Waals surface area contributed by atoms with Crippen LogP contribution in [0.2, 0.25) is 0 Å². The van der Waals surface area contributed by atoms with Crippen molar-refractivity contribution in [1.29, 1.82) is 0 Å². The van der Waals surface area contributed by atoms with E-state index in [1.165, 1.54) is 47.8 Å². The van der Waals surface area contributed by atoms with Gasteiger partial charge in [0.25, 0.3) is 0 Å². The number of hydrogen-bond acceptors (Lipinski definition) is 6. The first-order chi connectivity index (χ1) is 12.2. The minimum Gasteiger partial charge on any atom is -0.497 e. The van der Waals surface area contributed by atoms with Crippen LogP contribution in [0.5, 0.6) is 11.5 Å². The number of sulfonamides is 1. The maximum atomic E-state index is 12.4. The Morgan fingerprint density at radius 1 is 0.846 bits per heavy atom. The van der Waals surface area contributed by atoms with Crippen molar-refractivity contribution >= 4 is 20.1 Å². The molecule has 0 aliphatic carbocycles. The Morgan fingerprint density at radius 3 is 1.92 bits per heavy atom. The Morgan fingerprint density at radius 2 is 1.38 bits per heavy atom. The predicted molar refractivity (Wildman–Crippen MR) is 97.4 cm³/mol. The highest BCUT2D eigenvalue weighted by atomic mass is 32.2. The van der Waals surface area contributed by atoms with Crippen LogP contribution in [0.15, 0.2) is 58.3 Å². The highest BCUT2D eigenvalue weighted by Gasteiger charge is 2.23. The summed E-state index contributed by atoms with van der Waals surface area (Å²) in [7, 11) is -6.29. The van der Waals surface area contributed by atoms with Gasteiger partial charge < -0.3 is 8.92 Å². The van der Waals surface area contributed by atoms with Gasteiger partial charge in [-0.25, -0.2) is 8.42 Å². The molecule has 0 aliphatic heterocycles. The molecule has 0 radical (unpaired) electrons. The fraction of sp³-hybridized carbons (Fsp3) is 0.294. The van der Waals surface area contributed by atoms with Crippen molar-refractivity contribution < 1.29 is 25.8 Å². The third-order valence-corrected chi connectivity index (χ3v) is 7.03. The molecule has 9 heteroatoms. The van der Waals surface area contributed by atoms with E-state index in [9.17, 15) is 16.8 Å². The Labute approximate surface area is 154 Å². The zero-order valence-corrected chi connectivity index (χ0v) is 16.4. The smallest absolute Gasteiger partial charge is 0.339 e. The molecule has 0 saturated heterocycles. The summed E-state index contributed by atoms with van der Waals surface area (Å²) in [4.78, 5) is -0.111. The van der Waals surface area contributed by atoms with Crippen LogP contribution in [-0.2, 0) is 20.1 Å². The lowest BCUT2D eigenvalue weighted by Crippen LogP contribution is -2.30. The Kier molecular flexibility index (Phi) is 6.27. The van der Waals surface area contributed by atoms with E-state index in [0.717, 1.165) is 0 Å². The Balaban J connectivity index is 2.29. The van der Waals surface area contributed by atoms with Gasteiger partial charge >= 0.3 is 10.1 Å². The standard InChI is InChI=1S/C17H21NO6S2/c1-4-18(5-2)25(19,20)16-9-11-17(12-10-16)26(21,22)24-15-8-6-7-14(13-15)23-3/h6-13H,4-5H2,1-3H3.